The van der Waals surface area contributed by atoms with Crippen LogP contribution in [0.4, 0.5) is 0 Å². The smallest absolute Gasteiger partial charge is 0.114 e. The van der Waals surface area contributed by atoms with Gasteiger partial charge in [-0.1, -0.05) is 33.6 Å². The standard InChI is InChI=1S/C14H14BrClN2S/c1-8-7-19-14(17-8)13(18-10-3-4-10)11-5-2-9(16)6-12(11)15/h2,5-7,10,13,18H,3-4H2,1H3. The lowest BCUT2D eigenvalue weighted by Gasteiger charge is -2.18. The van der Waals surface area contributed by atoms with Crippen molar-refractivity contribution in [3.05, 3.63) is 49.3 Å². The van der Waals surface area contributed by atoms with Crippen LogP contribution in [0.5, 0.6) is 0 Å². The van der Waals surface area contributed by atoms with E-state index in [1.165, 1.54) is 18.4 Å². The normalized spacial score (nSPS) is 16.6. The molecule has 1 aliphatic rings. The van der Waals surface area contributed by atoms with Crippen LogP contribution in [0.3, 0.4) is 0 Å². The molecule has 1 aliphatic carbocycles. The minimum atomic E-state index is 0.151. The van der Waals surface area contributed by atoms with Crippen molar-refractivity contribution in [1.82, 2.24) is 10.3 Å². The zero-order valence-corrected chi connectivity index (χ0v) is 13.6. The number of nitrogens with one attached hydrogen (secondary N) is 1. The molecule has 1 unspecified atom stereocenters. The lowest BCUT2D eigenvalue weighted by atomic mass is 10.1. The van der Waals surface area contributed by atoms with Crippen molar-refractivity contribution >= 4 is 38.9 Å². The summed E-state index contributed by atoms with van der Waals surface area (Å²) in [6.07, 6.45) is 2.51. The summed E-state index contributed by atoms with van der Waals surface area (Å²) in [5.74, 6) is 0. The average Bonchev–Trinajstić information content (AvgIpc) is 3.08. The highest BCUT2D eigenvalue weighted by Gasteiger charge is 2.28. The third-order valence-electron chi connectivity index (χ3n) is 3.14. The van der Waals surface area contributed by atoms with Crippen LogP contribution >= 0.6 is 38.9 Å². The van der Waals surface area contributed by atoms with Crippen molar-refractivity contribution in [2.45, 2.75) is 31.8 Å². The highest BCUT2D eigenvalue weighted by Crippen LogP contribution is 2.35. The van der Waals surface area contributed by atoms with E-state index in [1.807, 2.05) is 19.1 Å². The van der Waals surface area contributed by atoms with Crippen LogP contribution in [0, 0.1) is 6.92 Å². The summed E-state index contributed by atoms with van der Waals surface area (Å²) in [5.41, 5.74) is 2.28. The fourth-order valence-corrected chi connectivity index (χ4v) is 3.80. The maximum atomic E-state index is 6.03. The zero-order chi connectivity index (χ0) is 13.4. The van der Waals surface area contributed by atoms with E-state index >= 15 is 0 Å². The first kappa shape index (κ1) is 13.6. The maximum Gasteiger partial charge on any atom is 0.114 e. The lowest BCUT2D eigenvalue weighted by Crippen LogP contribution is -2.24. The summed E-state index contributed by atoms with van der Waals surface area (Å²) >= 11 is 11.3. The number of hydrogen-bond donors (Lipinski definition) is 1. The third-order valence-corrected chi connectivity index (χ3v) is 5.09. The van der Waals surface area contributed by atoms with E-state index in [9.17, 15) is 0 Å². The largest absolute Gasteiger partial charge is 0.301 e. The van der Waals surface area contributed by atoms with Crippen LogP contribution in [0.25, 0.3) is 0 Å². The van der Waals surface area contributed by atoms with Crippen LogP contribution in [0.15, 0.2) is 28.1 Å². The van der Waals surface area contributed by atoms with E-state index in [4.69, 9.17) is 11.6 Å². The summed E-state index contributed by atoms with van der Waals surface area (Å²) in [6.45, 7) is 2.03. The molecule has 0 bridgehead atoms. The van der Waals surface area contributed by atoms with Gasteiger partial charge in [0.15, 0.2) is 0 Å². The summed E-state index contributed by atoms with van der Waals surface area (Å²) in [4.78, 5) is 4.63. The molecule has 100 valence electrons. The molecule has 0 amide bonds. The quantitative estimate of drug-likeness (QED) is 0.857. The van der Waals surface area contributed by atoms with Gasteiger partial charge in [0.25, 0.3) is 0 Å². The summed E-state index contributed by atoms with van der Waals surface area (Å²) < 4.78 is 1.03. The minimum Gasteiger partial charge on any atom is -0.301 e. The second kappa shape index (κ2) is 5.52. The second-order valence-electron chi connectivity index (χ2n) is 4.87. The monoisotopic (exact) mass is 356 g/mol. The average molecular weight is 358 g/mol. The van der Waals surface area contributed by atoms with Gasteiger partial charge in [-0.05, 0) is 37.5 Å². The van der Waals surface area contributed by atoms with Crippen LogP contribution in [-0.2, 0) is 0 Å². The van der Waals surface area contributed by atoms with Gasteiger partial charge in [0.2, 0.25) is 0 Å². The number of halogens is 2. The number of aromatic nitrogens is 1. The fraction of sp³-hybridized carbons (Fsp3) is 0.357. The lowest BCUT2D eigenvalue weighted by molar-refractivity contribution is 0.595. The Morgan fingerprint density at radius 3 is 2.84 bits per heavy atom. The Morgan fingerprint density at radius 1 is 1.47 bits per heavy atom. The Morgan fingerprint density at radius 2 is 2.26 bits per heavy atom. The Kier molecular flexibility index (Phi) is 3.94. The number of nitrogens with zero attached hydrogens (tertiary/aromatic N) is 1. The van der Waals surface area contributed by atoms with Gasteiger partial charge in [-0.15, -0.1) is 11.3 Å². The van der Waals surface area contributed by atoms with E-state index in [1.54, 1.807) is 11.3 Å². The molecule has 1 aromatic carbocycles. The summed E-state index contributed by atoms with van der Waals surface area (Å²) in [6, 6.07) is 6.72. The van der Waals surface area contributed by atoms with Gasteiger partial charge in [-0.25, -0.2) is 4.98 Å². The van der Waals surface area contributed by atoms with Crippen LogP contribution in [0.2, 0.25) is 5.02 Å². The first-order valence-electron chi connectivity index (χ1n) is 6.26. The van der Waals surface area contributed by atoms with E-state index in [0.717, 1.165) is 20.2 Å². The molecule has 3 rings (SSSR count). The molecule has 2 aromatic rings. The molecular weight excluding hydrogens is 344 g/mol. The topological polar surface area (TPSA) is 24.9 Å². The highest BCUT2D eigenvalue weighted by molar-refractivity contribution is 9.10. The Balaban J connectivity index is 1.97. The first-order valence-corrected chi connectivity index (χ1v) is 8.31. The molecular formula is C14H14BrClN2S. The molecule has 0 saturated heterocycles. The molecule has 1 aromatic heterocycles. The second-order valence-corrected chi connectivity index (χ2v) is 7.05. The van der Waals surface area contributed by atoms with Gasteiger partial charge < -0.3 is 5.32 Å². The SMILES string of the molecule is Cc1csc(C(NC2CC2)c2ccc(Cl)cc2Br)n1. The molecule has 19 heavy (non-hydrogen) atoms. The van der Waals surface area contributed by atoms with E-state index in [0.29, 0.717) is 6.04 Å². The Hall–Kier alpha value is -0.420. The number of hydrogen-bond acceptors (Lipinski definition) is 3. The summed E-state index contributed by atoms with van der Waals surface area (Å²) in [7, 11) is 0. The van der Waals surface area contributed by atoms with Gasteiger partial charge in [0.1, 0.15) is 5.01 Å². The fourth-order valence-electron chi connectivity index (χ4n) is 2.02. The molecule has 5 heteroatoms. The van der Waals surface area contributed by atoms with Crippen molar-refractivity contribution < 1.29 is 0 Å². The van der Waals surface area contributed by atoms with Crippen LogP contribution in [-0.4, -0.2) is 11.0 Å². The molecule has 1 saturated carbocycles. The maximum absolute atomic E-state index is 6.03. The predicted molar refractivity (Wildman–Crippen MR) is 84.0 cm³/mol. The molecule has 1 fully saturated rings. The number of thiazole rings is 1. The molecule has 1 N–H and O–H groups in total. The van der Waals surface area contributed by atoms with Crippen molar-refractivity contribution in [1.29, 1.82) is 0 Å². The molecule has 0 spiro atoms. The van der Waals surface area contributed by atoms with Crippen LogP contribution in [0.1, 0.15) is 35.1 Å². The Bertz CT molecular complexity index is 595. The first-order chi connectivity index (χ1) is 9.13. The van der Waals surface area contributed by atoms with Crippen molar-refractivity contribution in [3.8, 4) is 0 Å². The van der Waals surface area contributed by atoms with Gasteiger partial charge in [-0.3, -0.25) is 0 Å². The van der Waals surface area contributed by atoms with E-state index < -0.39 is 0 Å². The molecule has 0 aliphatic heterocycles. The number of benzene rings is 1. The third kappa shape index (κ3) is 3.19. The molecule has 1 atom stereocenters. The predicted octanol–water partition coefficient (Wildman–Crippen LogP) is 4.71. The minimum absolute atomic E-state index is 0.151. The van der Waals surface area contributed by atoms with Gasteiger partial charge in [0.05, 0.1) is 6.04 Å². The van der Waals surface area contributed by atoms with Crippen LogP contribution < -0.4 is 5.32 Å². The van der Waals surface area contributed by atoms with Crippen molar-refractivity contribution in [2.75, 3.05) is 0 Å². The molecule has 2 nitrogen and oxygen atoms in total. The number of aryl methyl sites for hydroxylation is 1. The Labute approximate surface area is 130 Å². The van der Waals surface area contributed by atoms with Crippen molar-refractivity contribution in [3.63, 3.8) is 0 Å². The van der Waals surface area contributed by atoms with E-state index in [2.05, 4.69) is 37.7 Å². The molecule has 0 radical (unpaired) electrons. The van der Waals surface area contributed by atoms with Crippen molar-refractivity contribution in [2.24, 2.45) is 0 Å². The highest BCUT2D eigenvalue weighted by atomic mass is 79.9. The van der Waals surface area contributed by atoms with Gasteiger partial charge in [-0.2, -0.15) is 0 Å². The zero-order valence-electron chi connectivity index (χ0n) is 10.5. The van der Waals surface area contributed by atoms with E-state index in [-0.39, 0.29) is 6.04 Å². The molecule has 1 heterocycles. The summed E-state index contributed by atoms with van der Waals surface area (Å²) in [5, 5.41) is 7.63. The number of rotatable bonds is 4. The van der Waals surface area contributed by atoms with Gasteiger partial charge in [0, 0.05) is 26.6 Å². The van der Waals surface area contributed by atoms with Gasteiger partial charge >= 0.3 is 0 Å².